The lowest BCUT2D eigenvalue weighted by Crippen LogP contribution is -2.74. The van der Waals surface area contributed by atoms with Crippen molar-refractivity contribution in [3.05, 3.63) is 245 Å². The number of ether oxygens (including phenoxy) is 9. The second-order valence-electron chi connectivity index (χ2n) is 26.5. The maximum absolute atomic E-state index is 16.2. The minimum absolute atomic E-state index is 0.0327. The third-order valence-corrected chi connectivity index (χ3v) is 25.3. The summed E-state index contributed by atoms with van der Waals surface area (Å²) in [5.74, 6) is -65.6. The molecule has 2 aliphatic heterocycles. The quantitative estimate of drug-likeness (QED) is 0.0172. The van der Waals surface area contributed by atoms with E-state index in [2.05, 4.69) is 0 Å². The molecule has 2 saturated heterocycles. The van der Waals surface area contributed by atoms with Gasteiger partial charge in [-0.3, -0.25) is 0 Å². The van der Waals surface area contributed by atoms with E-state index in [9.17, 15) is 68.3 Å². The van der Waals surface area contributed by atoms with Crippen LogP contribution in [0.25, 0.3) is 0 Å². The third kappa shape index (κ3) is 18.3. The van der Waals surface area contributed by atoms with Crippen LogP contribution in [0, 0.1) is 6.92 Å². The van der Waals surface area contributed by atoms with Crippen LogP contribution >= 0.6 is 11.8 Å². The Bertz CT molecular complexity index is 4330. The van der Waals surface area contributed by atoms with Crippen molar-refractivity contribution >= 4 is 55.9 Å². The lowest BCUT2D eigenvalue weighted by atomic mass is 9.88. The first-order valence-corrected chi connectivity index (χ1v) is 37.2. The highest BCUT2D eigenvalue weighted by atomic mass is 32.2. The summed E-state index contributed by atoms with van der Waals surface area (Å²) in [4.78, 5) is 88.3. The predicted octanol–water partition coefficient (Wildman–Crippen LogP) is 18.1. The van der Waals surface area contributed by atoms with Gasteiger partial charge in [0.15, 0.2) is 51.2 Å². The van der Waals surface area contributed by atoms with E-state index in [4.69, 9.17) is 47.1 Å². The van der Waals surface area contributed by atoms with Gasteiger partial charge >= 0.3 is 83.4 Å². The van der Waals surface area contributed by atoms with E-state index in [1.165, 1.54) is 164 Å². The summed E-state index contributed by atoms with van der Waals surface area (Å²) in [5, 5.41) is 0. The number of carbonyl (C=O) groups is 6. The number of alkyl halides is 17. The molecule has 0 aliphatic carbocycles. The number of thioether (sulfide) groups is 1. The highest BCUT2D eigenvalue weighted by Crippen LogP contribution is 2.65. The molecule has 0 spiro atoms. The Kier molecular flexibility index (Phi) is 27.0. The standard InChI is InChI=1S/C77H69F17O16SSi/c1-44(2)112(45(3)4,41-40-70(78,79)71(80,81)72(82,83)73(84,85)74(86,87)75(88,89)76(90,91)77(92,93)94)102-43-55-57(106-63(96)48-26-14-7-15-27-48)58(107-64(97)49-28-16-8-17-29-49)60(109-66(99)51-32-20-10-21-33-51)68(103-55)101-42-54-56(105-62(95)47-24-12-6-13-25-47)59(108-65(98)50-30-18-9-19-31-50)61(110-67(100)52-34-22-11-23-35-52)69(104-54)111-53-38-36-46(5)37-39-53/h6-39,44-45,54-61,68-69H,40-43H2,1-5H3/t54-,55-,56-,57-,58+,59+,60-,61-,68-,69+/m1/s1. The first-order valence-electron chi connectivity index (χ1n) is 34.1. The Labute approximate surface area is 633 Å². The van der Waals surface area contributed by atoms with E-state index in [-0.39, 0.29) is 33.4 Å². The van der Waals surface area contributed by atoms with Crippen LogP contribution < -0.4 is 0 Å². The molecule has 16 nitrogen and oxygen atoms in total. The normalized spacial score (nSPS) is 21.0. The zero-order chi connectivity index (χ0) is 82.2. The number of rotatable bonds is 31. The Morgan fingerprint density at radius 1 is 0.366 bits per heavy atom. The van der Waals surface area contributed by atoms with E-state index in [1.807, 2.05) is 0 Å². The highest BCUT2D eigenvalue weighted by molar-refractivity contribution is 7.99. The second kappa shape index (κ2) is 34.9. The van der Waals surface area contributed by atoms with Gasteiger partial charge in [-0.25, -0.2) is 28.8 Å². The molecule has 0 aromatic heterocycles. The van der Waals surface area contributed by atoms with Crippen molar-refractivity contribution in [1.29, 1.82) is 0 Å². The Hall–Kier alpha value is -9.42. The molecular formula is C77H69F17O16SSi. The second-order valence-corrected chi connectivity index (χ2v) is 32.7. The van der Waals surface area contributed by atoms with Crippen LogP contribution in [0.2, 0.25) is 17.1 Å². The van der Waals surface area contributed by atoms with E-state index in [0.717, 1.165) is 45.0 Å². The molecule has 0 unspecified atom stereocenters. The summed E-state index contributed by atoms with van der Waals surface area (Å²) in [6, 6.07) is 46.9. The lowest BCUT2D eigenvalue weighted by molar-refractivity contribution is -0.461. The van der Waals surface area contributed by atoms with Crippen LogP contribution in [-0.2, 0) is 47.1 Å². The molecule has 2 heterocycles. The Balaban J connectivity index is 1.19. The number of halogens is 17. The molecule has 0 saturated carbocycles. The molecule has 602 valence electrons. The summed E-state index contributed by atoms with van der Waals surface area (Å²) < 4.78 is 314. The maximum Gasteiger partial charge on any atom is 0.460 e. The van der Waals surface area contributed by atoms with Crippen LogP contribution in [0.1, 0.15) is 102 Å². The molecule has 0 radical (unpaired) electrons. The first-order chi connectivity index (χ1) is 52.5. The fourth-order valence-corrected chi connectivity index (χ4v) is 17.8. The summed E-state index contributed by atoms with van der Waals surface area (Å²) >= 11 is 0.888. The summed E-state index contributed by atoms with van der Waals surface area (Å²) in [5.41, 5.74) is -4.48. The Morgan fingerprint density at radius 3 is 1.00 bits per heavy atom. The average molecular weight is 1630 g/mol. The highest BCUT2D eigenvalue weighted by Gasteiger charge is 2.95. The zero-order valence-electron chi connectivity index (χ0n) is 59.3. The molecule has 0 amide bonds. The number of hydrogen-bond acceptors (Lipinski definition) is 17. The molecule has 35 heteroatoms. The molecule has 7 aromatic rings. The number of aryl methyl sites for hydroxylation is 1. The van der Waals surface area contributed by atoms with Crippen LogP contribution in [0.5, 0.6) is 0 Å². The number of carbonyl (C=O) groups excluding carboxylic acids is 6. The zero-order valence-corrected chi connectivity index (χ0v) is 61.1. The monoisotopic (exact) mass is 1630 g/mol. The van der Waals surface area contributed by atoms with Crippen LogP contribution in [0.4, 0.5) is 74.6 Å². The van der Waals surface area contributed by atoms with Gasteiger partial charge in [0.05, 0.1) is 46.6 Å². The summed E-state index contributed by atoms with van der Waals surface area (Å²) in [7, 11) is -4.86. The Morgan fingerprint density at radius 2 is 0.661 bits per heavy atom. The number of benzene rings is 7. The average Bonchev–Trinajstić information content (AvgIpc) is 0.694. The van der Waals surface area contributed by atoms with Gasteiger partial charge < -0.3 is 47.1 Å². The van der Waals surface area contributed by atoms with Crippen LogP contribution in [-0.4, -0.2) is 166 Å². The van der Waals surface area contributed by atoms with Gasteiger partial charge in [0, 0.05) is 11.3 Å². The number of hydrogen-bond donors (Lipinski definition) is 0. The largest absolute Gasteiger partial charge is 0.460 e. The van der Waals surface area contributed by atoms with E-state index in [1.54, 1.807) is 49.4 Å². The van der Waals surface area contributed by atoms with Crippen LogP contribution in [0.15, 0.2) is 211 Å². The van der Waals surface area contributed by atoms with Gasteiger partial charge in [0.2, 0.25) is 0 Å². The van der Waals surface area contributed by atoms with E-state index in [0.29, 0.717) is 4.90 Å². The predicted molar refractivity (Wildman–Crippen MR) is 366 cm³/mol. The molecular weight excluding hydrogens is 1560 g/mol. The van der Waals surface area contributed by atoms with Gasteiger partial charge in [-0.2, -0.15) is 74.6 Å². The van der Waals surface area contributed by atoms with Crippen LogP contribution in [0.3, 0.4) is 0 Å². The number of esters is 6. The van der Waals surface area contributed by atoms with E-state index >= 15 is 35.1 Å². The van der Waals surface area contributed by atoms with E-state index < -0.39 is 189 Å². The molecule has 112 heavy (non-hydrogen) atoms. The third-order valence-electron chi connectivity index (χ3n) is 18.5. The minimum atomic E-state index is -8.89. The fraction of sp³-hybridized carbons (Fsp3) is 0.377. The van der Waals surface area contributed by atoms with Gasteiger partial charge in [-0.05, 0) is 109 Å². The minimum Gasteiger partial charge on any atom is -0.452 e. The first kappa shape index (κ1) is 86.6. The van der Waals surface area contributed by atoms with Crippen molar-refractivity contribution in [2.45, 2.75) is 171 Å². The van der Waals surface area contributed by atoms with Crippen molar-refractivity contribution in [3.8, 4) is 0 Å². The summed E-state index contributed by atoms with van der Waals surface area (Å²) in [6.45, 7) is 4.04. The van der Waals surface area contributed by atoms with Crippen molar-refractivity contribution in [3.63, 3.8) is 0 Å². The van der Waals surface area contributed by atoms with Crippen molar-refractivity contribution in [2.24, 2.45) is 0 Å². The van der Waals surface area contributed by atoms with Gasteiger partial charge in [0.1, 0.15) is 17.6 Å². The SMILES string of the molecule is Cc1ccc(S[C@@H]2O[C@H](CO[C@@H]3O[C@H](CO[Si](CCC(F)(F)C(F)(F)C(F)(F)C(F)(F)C(F)(F)C(F)(F)C(F)(F)C(F)(F)F)(C(C)C)C(C)C)[C@@H](OC(=O)c4ccccc4)[C@H](OC(=O)c4ccccc4)[C@H]3OC(=O)c3ccccc3)[C@@H](OC(=O)c3ccccc3)[C@H](OC(=O)c3ccccc3)[C@H]2OC(=O)c2ccccc2)cc1. The fourth-order valence-electron chi connectivity index (χ4n) is 12.2. The molecule has 9 rings (SSSR count). The van der Waals surface area contributed by atoms with Gasteiger partial charge in [-0.15, -0.1) is 0 Å². The smallest absolute Gasteiger partial charge is 0.452 e. The van der Waals surface area contributed by atoms with Gasteiger partial charge in [0.25, 0.3) is 0 Å². The van der Waals surface area contributed by atoms with Crippen molar-refractivity contribution in [2.75, 3.05) is 13.2 Å². The molecule has 2 aliphatic rings. The van der Waals surface area contributed by atoms with Crippen molar-refractivity contribution < 1.29 is 150 Å². The summed E-state index contributed by atoms with van der Waals surface area (Å²) in [6.07, 6.45) is -30.0. The molecule has 7 aromatic carbocycles. The van der Waals surface area contributed by atoms with Gasteiger partial charge in [-0.1, -0.05) is 166 Å². The maximum atomic E-state index is 16.2. The van der Waals surface area contributed by atoms with Crippen molar-refractivity contribution in [1.82, 2.24) is 0 Å². The molecule has 10 atom stereocenters. The molecule has 0 N–H and O–H groups in total. The molecule has 2 fully saturated rings. The molecule has 0 bridgehead atoms. The topological polar surface area (TPSA) is 195 Å². The lowest BCUT2D eigenvalue weighted by Gasteiger charge is -2.47.